The Kier molecular flexibility index (Phi) is 10.1. The van der Waals surface area contributed by atoms with E-state index in [-0.39, 0.29) is 23.8 Å². The Morgan fingerprint density at radius 1 is 0.778 bits per heavy atom. The normalized spacial score (nSPS) is 23.2. The molecule has 8 heteroatoms. The van der Waals surface area contributed by atoms with Gasteiger partial charge in [0, 0.05) is 12.5 Å². The Balaban J connectivity index is 1.33. The molecule has 2 aliphatic heterocycles. The first kappa shape index (κ1) is 30.8. The van der Waals surface area contributed by atoms with E-state index >= 15 is 0 Å². The minimum absolute atomic E-state index is 0.117. The van der Waals surface area contributed by atoms with Gasteiger partial charge in [0.25, 0.3) is 0 Å². The highest BCUT2D eigenvalue weighted by Crippen LogP contribution is 2.26. The van der Waals surface area contributed by atoms with Crippen LogP contribution in [0, 0.1) is 0 Å². The maximum Gasteiger partial charge on any atom is 0.243 e. The van der Waals surface area contributed by atoms with Crippen LogP contribution < -0.4 is 20.7 Å². The van der Waals surface area contributed by atoms with Gasteiger partial charge in [-0.2, -0.15) is 0 Å². The molecule has 3 N–H and O–H groups in total. The van der Waals surface area contributed by atoms with Gasteiger partial charge < -0.3 is 20.7 Å². The van der Waals surface area contributed by atoms with E-state index in [1.54, 1.807) is 0 Å². The van der Waals surface area contributed by atoms with Gasteiger partial charge in [-0.1, -0.05) is 67.4 Å². The summed E-state index contributed by atoms with van der Waals surface area (Å²) < 4.78 is 6.26. The molecule has 2 fully saturated rings. The smallest absolute Gasteiger partial charge is 0.243 e. The fraction of sp³-hybridized carbons (Fsp3) is 0.432. The van der Waals surface area contributed by atoms with Crippen LogP contribution in [0.2, 0.25) is 0 Å². The molecule has 3 atom stereocenters. The number of ether oxygens (including phenoxy) is 1. The quantitative estimate of drug-likeness (QED) is 0.377. The lowest BCUT2D eigenvalue weighted by Crippen LogP contribution is -2.57. The van der Waals surface area contributed by atoms with E-state index in [2.05, 4.69) is 20.9 Å². The number of nitrogens with zero attached hydrogens (tertiary/aromatic N) is 1. The molecule has 1 saturated carbocycles. The molecule has 2 heterocycles. The molecule has 8 nitrogen and oxygen atoms in total. The Morgan fingerprint density at radius 3 is 2.13 bits per heavy atom. The average Bonchev–Trinajstić information content (AvgIpc) is 3.77. The van der Waals surface area contributed by atoms with Gasteiger partial charge in [-0.3, -0.25) is 19.3 Å². The van der Waals surface area contributed by atoms with Gasteiger partial charge in [0.1, 0.15) is 23.6 Å². The molecule has 1 aliphatic carbocycles. The third-order valence-corrected chi connectivity index (χ3v) is 9.32. The van der Waals surface area contributed by atoms with Crippen molar-refractivity contribution in [3.05, 3.63) is 95.6 Å². The second kappa shape index (κ2) is 14.7. The molecule has 3 aromatic rings. The lowest BCUT2D eigenvalue weighted by molar-refractivity contribution is -0.134. The molecule has 236 valence electrons. The van der Waals surface area contributed by atoms with Gasteiger partial charge in [0.2, 0.25) is 17.7 Å². The largest absolute Gasteiger partial charge is 0.457 e. The number of benzene rings is 3. The van der Waals surface area contributed by atoms with Crippen molar-refractivity contribution in [1.29, 1.82) is 0 Å². The Bertz CT molecular complexity index is 1470. The first-order chi connectivity index (χ1) is 22.0. The maximum absolute atomic E-state index is 14.1. The summed E-state index contributed by atoms with van der Waals surface area (Å²) in [5.74, 6) is 0.654. The molecule has 3 amide bonds. The number of hydrogen-bond acceptors (Lipinski definition) is 5. The van der Waals surface area contributed by atoms with Gasteiger partial charge in [0.05, 0.1) is 6.04 Å². The molecule has 0 radical (unpaired) electrons. The van der Waals surface area contributed by atoms with Gasteiger partial charge >= 0.3 is 0 Å². The van der Waals surface area contributed by atoms with Crippen LogP contribution in [0.15, 0.2) is 78.9 Å². The zero-order valence-electron chi connectivity index (χ0n) is 25.9. The number of hydrogen-bond donors (Lipinski definition) is 3. The van der Waals surface area contributed by atoms with Crippen molar-refractivity contribution in [2.45, 2.75) is 88.4 Å². The third-order valence-electron chi connectivity index (χ3n) is 9.32. The predicted octanol–water partition coefficient (Wildman–Crippen LogP) is 4.70. The summed E-state index contributed by atoms with van der Waals surface area (Å²) in [5, 5.41) is 9.38. The van der Waals surface area contributed by atoms with Crippen LogP contribution in [0.4, 0.5) is 0 Å². The van der Waals surface area contributed by atoms with Gasteiger partial charge in [0.15, 0.2) is 0 Å². The highest BCUT2D eigenvalue weighted by Gasteiger charge is 2.33. The molecule has 6 rings (SSSR count). The molecule has 1 saturated heterocycles. The van der Waals surface area contributed by atoms with Gasteiger partial charge in [-0.25, -0.2) is 0 Å². The molecule has 45 heavy (non-hydrogen) atoms. The highest BCUT2D eigenvalue weighted by molar-refractivity contribution is 5.93. The number of carbonyl (C=O) groups is 3. The Hall–Kier alpha value is -4.17. The summed E-state index contributed by atoms with van der Waals surface area (Å²) in [6.45, 7) is 1.68. The topological polar surface area (TPSA) is 99.8 Å². The zero-order chi connectivity index (χ0) is 31.0. The minimum Gasteiger partial charge on any atom is -0.457 e. The molecule has 0 aromatic heterocycles. The van der Waals surface area contributed by atoms with Crippen molar-refractivity contribution >= 4 is 17.7 Å². The molecule has 4 bridgehead atoms. The second-order valence-electron chi connectivity index (χ2n) is 12.7. The van der Waals surface area contributed by atoms with Crippen molar-refractivity contribution < 1.29 is 19.1 Å². The first-order valence-electron chi connectivity index (χ1n) is 16.5. The number of fused-ring (bicyclic) bond motifs is 4. The van der Waals surface area contributed by atoms with E-state index < -0.39 is 18.1 Å². The number of rotatable bonds is 6. The van der Waals surface area contributed by atoms with E-state index in [1.165, 1.54) is 0 Å². The lowest BCUT2D eigenvalue weighted by atomic mass is 10.00. The molecular formula is C37H44N4O4. The number of aryl methyl sites for hydroxylation is 1. The van der Waals surface area contributed by atoms with Crippen LogP contribution in [0.5, 0.6) is 11.5 Å². The maximum atomic E-state index is 14.1. The van der Waals surface area contributed by atoms with Crippen LogP contribution in [0.1, 0.15) is 61.6 Å². The molecule has 3 aliphatic rings. The average molecular weight is 609 g/mol. The Morgan fingerprint density at radius 2 is 1.44 bits per heavy atom. The van der Waals surface area contributed by atoms with Crippen LogP contribution in [0.25, 0.3) is 0 Å². The fourth-order valence-corrected chi connectivity index (χ4v) is 6.85. The molecule has 0 spiro atoms. The standard InChI is InChI=1S/C37H44N4O4/c42-35-32(19-18-26-10-2-1-3-11-26)39-37(44)34(41-20-6-7-21-41)25-28-13-9-17-31(23-28)45-30-16-8-12-27(22-30)24-33(40-35)36(43)38-29-14-4-5-15-29/h1-3,8-13,16-17,22-23,29,32-34H,4-7,14-15,18-21,24-25H2,(H,38,43)(H,39,44)(H,40,42)/t32-,33-,34-/m0/s1. The molecule has 3 aromatic carbocycles. The van der Waals surface area contributed by atoms with Crippen molar-refractivity contribution in [1.82, 2.24) is 20.9 Å². The van der Waals surface area contributed by atoms with Crippen molar-refractivity contribution in [2.24, 2.45) is 0 Å². The fourth-order valence-electron chi connectivity index (χ4n) is 6.85. The lowest BCUT2D eigenvalue weighted by Gasteiger charge is -2.30. The van der Waals surface area contributed by atoms with Crippen LogP contribution >= 0.6 is 0 Å². The summed E-state index contributed by atoms with van der Waals surface area (Å²) >= 11 is 0. The van der Waals surface area contributed by atoms with Gasteiger partial charge in [-0.15, -0.1) is 0 Å². The Labute approximate surface area is 265 Å². The van der Waals surface area contributed by atoms with E-state index in [4.69, 9.17) is 4.74 Å². The van der Waals surface area contributed by atoms with Crippen LogP contribution in [-0.4, -0.2) is 59.9 Å². The number of nitrogens with one attached hydrogen (secondary N) is 3. The van der Waals surface area contributed by atoms with Crippen molar-refractivity contribution in [3.63, 3.8) is 0 Å². The number of likely N-dealkylation sites (tertiary alicyclic amines) is 1. The predicted molar refractivity (Wildman–Crippen MR) is 174 cm³/mol. The van der Waals surface area contributed by atoms with E-state index in [0.29, 0.717) is 37.2 Å². The van der Waals surface area contributed by atoms with Crippen molar-refractivity contribution in [2.75, 3.05) is 13.1 Å². The second-order valence-corrected chi connectivity index (χ2v) is 12.7. The SMILES string of the molecule is O=C(NC1CCCC1)[C@@H]1Cc2cccc(c2)Oc2cccc(c2)C[C@H](N2CCCC2)C(=O)N[C@@H](CCc2ccccc2)C(=O)N1. The summed E-state index contributed by atoms with van der Waals surface area (Å²) in [7, 11) is 0. The van der Waals surface area contributed by atoms with E-state index in [0.717, 1.165) is 68.3 Å². The van der Waals surface area contributed by atoms with Crippen LogP contribution in [-0.2, 0) is 33.6 Å². The van der Waals surface area contributed by atoms with Gasteiger partial charge in [-0.05, 0) is 99.0 Å². The van der Waals surface area contributed by atoms with Crippen molar-refractivity contribution in [3.8, 4) is 11.5 Å². The zero-order valence-corrected chi connectivity index (χ0v) is 25.9. The highest BCUT2D eigenvalue weighted by atomic mass is 16.5. The summed E-state index contributed by atoms with van der Waals surface area (Å²) in [4.78, 5) is 44.1. The third kappa shape index (κ3) is 8.31. The number of carbonyl (C=O) groups excluding carboxylic acids is 3. The summed E-state index contributed by atoms with van der Waals surface area (Å²) in [6, 6.07) is 23.7. The summed E-state index contributed by atoms with van der Waals surface area (Å²) in [6.07, 6.45) is 8.00. The van der Waals surface area contributed by atoms with E-state index in [9.17, 15) is 14.4 Å². The monoisotopic (exact) mass is 608 g/mol. The van der Waals surface area contributed by atoms with E-state index in [1.807, 2.05) is 78.9 Å². The molecule has 0 unspecified atom stereocenters. The summed E-state index contributed by atoms with van der Waals surface area (Å²) in [5.41, 5.74) is 2.96. The minimum atomic E-state index is -0.796. The van der Waals surface area contributed by atoms with Crippen LogP contribution in [0.3, 0.4) is 0 Å². The first-order valence-corrected chi connectivity index (χ1v) is 16.5. The number of amides is 3. The molecular weight excluding hydrogens is 564 g/mol.